The van der Waals surface area contributed by atoms with Crippen LogP contribution in [0.1, 0.15) is 98.1 Å². The van der Waals surface area contributed by atoms with Crippen LogP contribution in [0.5, 0.6) is 5.75 Å². The lowest BCUT2D eigenvalue weighted by Crippen LogP contribution is -2.46. The largest absolute Gasteiger partial charge is 0.508 e. The van der Waals surface area contributed by atoms with Gasteiger partial charge in [0.2, 0.25) is 11.8 Å². The molecule has 11 heteroatoms. The molecule has 2 aliphatic heterocycles. The smallest absolute Gasteiger partial charge is 0.410 e. The van der Waals surface area contributed by atoms with Gasteiger partial charge in [-0.3, -0.25) is 19.4 Å². The molecule has 2 atom stereocenters. The Morgan fingerprint density at radius 1 is 0.917 bits per heavy atom. The molecular weight excluding hydrogens is 612 g/mol. The first-order valence-corrected chi connectivity index (χ1v) is 17.1. The normalized spacial score (nSPS) is 18.2. The number of phenols is 1. The summed E-state index contributed by atoms with van der Waals surface area (Å²) in [6.45, 7) is 13.1. The summed E-state index contributed by atoms with van der Waals surface area (Å²) in [5.41, 5.74) is 0.904. The van der Waals surface area contributed by atoms with Crippen LogP contribution in [0, 0.1) is 11.8 Å². The molecular formula is C37H52N4O7. The van der Waals surface area contributed by atoms with Crippen molar-refractivity contribution in [2.75, 3.05) is 26.2 Å². The van der Waals surface area contributed by atoms with Crippen molar-refractivity contribution in [2.24, 2.45) is 11.8 Å². The van der Waals surface area contributed by atoms with Crippen molar-refractivity contribution < 1.29 is 33.8 Å². The Kier molecular flexibility index (Phi) is 12.1. The predicted molar refractivity (Wildman–Crippen MR) is 182 cm³/mol. The van der Waals surface area contributed by atoms with Gasteiger partial charge in [-0.25, -0.2) is 4.79 Å². The van der Waals surface area contributed by atoms with Crippen LogP contribution in [0.4, 0.5) is 4.79 Å². The number of nitrogens with one attached hydrogen (secondary N) is 1. The molecule has 0 aliphatic carbocycles. The maximum Gasteiger partial charge on any atom is 0.410 e. The lowest BCUT2D eigenvalue weighted by molar-refractivity contribution is -0.155. The third kappa shape index (κ3) is 11.2. The molecule has 2 N–H and O–H groups in total. The quantitative estimate of drug-likeness (QED) is 0.311. The third-order valence-corrected chi connectivity index (χ3v) is 8.63. The van der Waals surface area contributed by atoms with E-state index < -0.39 is 29.1 Å². The van der Waals surface area contributed by atoms with Gasteiger partial charge in [0.05, 0.1) is 18.4 Å². The number of hydrogen-bond acceptors (Lipinski definition) is 8. The number of benzene rings is 1. The summed E-state index contributed by atoms with van der Waals surface area (Å²) in [7, 11) is 0. The minimum atomic E-state index is -0.699. The average molecular weight is 665 g/mol. The van der Waals surface area contributed by atoms with Gasteiger partial charge in [-0.2, -0.15) is 0 Å². The molecule has 4 rings (SSSR count). The number of carbonyl (C=O) groups is 4. The Balaban J connectivity index is 1.36. The second-order valence-electron chi connectivity index (χ2n) is 15.0. The van der Waals surface area contributed by atoms with Crippen molar-refractivity contribution in [3.8, 4) is 16.9 Å². The lowest BCUT2D eigenvalue weighted by atomic mass is 9.91. The van der Waals surface area contributed by atoms with E-state index in [0.717, 1.165) is 30.4 Å². The van der Waals surface area contributed by atoms with Crippen molar-refractivity contribution in [3.05, 3.63) is 48.3 Å². The van der Waals surface area contributed by atoms with E-state index in [-0.39, 0.29) is 30.1 Å². The second kappa shape index (κ2) is 15.8. The number of esters is 1. The van der Waals surface area contributed by atoms with Gasteiger partial charge >= 0.3 is 12.1 Å². The minimum Gasteiger partial charge on any atom is -0.508 e. The Morgan fingerprint density at radius 3 is 2.29 bits per heavy atom. The highest BCUT2D eigenvalue weighted by Gasteiger charge is 2.32. The molecule has 2 aromatic rings. The number of aromatic hydroxyl groups is 1. The summed E-state index contributed by atoms with van der Waals surface area (Å²) in [6.07, 6.45) is 7.07. The zero-order chi connectivity index (χ0) is 35.1. The van der Waals surface area contributed by atoms with Crippen LogP contribution in [0.2, 0.25) is 0 Å². The SMILES string of the molecule is CC(C)(C)OC(=O)CC(NC(=O)[C@@H]1CCCN(C(=O)CCC2CCN(C(=O)OC(C)(C)C)CC2)C1)c1cncc(-c2cccc(O)c2)c1. The molecule has 48 heavy (non-hydrogen) atoms. The number of aromatic nitrogens is 1. The number of piperidine rings is 2. The van der Waals surface area contributed by atoms with Gasteiger partial charge in [0.25, 0.3) is 0 Å². The molecule has 1 aromatic carbocycles. The van der Waals surface area contributed by atoms with Gasteiger partial charge < -0.3 is 29.7 Å². The number of hydrogen-bond donors (Lipinski definition) is 2. The molecule has 0 radical (unpaired) electrons. The van der Waals surface area contributed by atoms with Gasteiger partial charge in [-0.15, -0.1) is 0 Å². The number of carbonyl (C=O) groups excluding carboxylic acids is 4. The second-order valence-corrected chi connectivity index (χ2v) is 15.0. The van der Waals surface area contributed by atoms with Crippen LogP contribution < -0.4 is 5.32 Å². The first-order valence-electron chi connectivity index (χ1n) is 17.1. The topological polar surface area (TPSA) is 138 Å². The number of amides is 3. The van der Waals surface area contributed by atoms with Gasteiger partial charge in [-0.1, -0.05) is 12.1 Å². The maximum absolute atomic E-state index is 13.7. The van der Waals surface area contributed by atoms with Gasteiger partial charge in [-0.05, 0) is 109 Å². The zero-order valence-corrected chi connectivity index (χ0v) is 29.3. The number of likely N-dealkylation sites (tertiary alicyclic amines) is 2. The minimum absolute atomic E-state index is 0.0374. The van der Waals surface area contributed by atoms with Crippen LogP contribution in [0.25, 0.3) is 11.1 Å². The van der Waals surface area contributed by atoms with E-state index >= 15 is 0 Å². The molecule has 11 nitrogen and oxygen atoms in total. The van der Waals surface area contributed by atoms with Crippen molar-refractivity contribution >= 4 is 23.9 Å². The van der Waals surface area contributed by atoms with E-state index in [4.69, 9.17) is 9.47 Å². The van der Waals surface area contributed by atoms with Crippen LogP contribution in [-0.4, -0.2) is 81.1 Å². The molecule has 2 fully saturated rings. The molecule has 262 valence electrons. The van der Waals surface area contributed by atoms with Gasteiger partial charge in [0.1, 0.15) is 17.0 Å². The highest BCUT2D eigenvalue weighted by atomic mass is 16.6. The number of ether oxygens (including phenoxy) is 2. The summed E-state index contributed by atoms with van der Waals surface area (Å²) in [6, 6.07) is 7.96. The molecule has 2 aliphatic rings. The third-order valence-electron chi connectivity index (χ3n) is 8.63. The van der Waals surface area contributed by atoms with Gasteiger partial charge in [0.15, 0.2) is 0 Å². The molecule has 3 amide bonds. The van der Waals surface area contributed by atoms with E-state index in [9.17, 15) is 24.3 Å². The summed E-state index contributed by atoms with van der Waals surface area (Å²) in [5, 5.41) is 13.0. The fourth-order valence-electron chi connectivity index (χ4n) is 6.22. The number of rotatable bonds is 9. The van der Waals surface area contributed by atoms with Crippen LogP contribution >= 0.6 is 0 Å². The van der Waals surface area contributed by atoms with Gasteiger partial charge in [0, 0.05) is 50.6 Å². The van der Waals surface area contributed by atoms with Crippen LogP contribution in [0.3, 0.4) is 0 Å². The predicted octanol–water partition coefficient (Wildman–Crippen LogP) is 6.01. The van der Waals surface area contributed by atoms with E-state index in [1.54, 1.807) is 61.2 Å². The molecule has 0 saturated carbocycles. The Morgan fingerprint density at radius 2 is 1.62 bits per heavy atom. The summed E-state index contributed by atoms with van der Waals surface area (Å²) in [5.74, 6) is -0.573. The fourth-order valence-corrected chi connectivity index (χ4v) is 6.22. The standard InChI is InChI=1S/C37H52N4O7/c1-36(2,3)47-33(44)21-31(29-19-28(22-38-23-29)26-9-7-11-30(42)20-26)39-34(45)27-10-8-16-41(24-27)32(43)13-12-25-14-17-40(18-15-25)35(46)48-37(4,5)6/h7,9,11,19-20,22-23,25,27,31,42H,8,10,12-18,21,24H2,1-6H3,(H,39,45)/t27-,31?/m1/s1. The van der Waals surface area contributed by atoms with Crippen molar-refractivity contribution in [2.45, 2.75) is 104 Å². The highest BCUT2D eigenvalue weighted by Crippen LogP contribution is 2.29. The fraction of sp³-hybridized carbons (Fsp3) is 0.595. The molecule has 0 bridgehead atoms. The Labute approximate surface area is 284 Å². The lowest BCUT2D eigenvalue weighted by Gasteiger charge is -2.35. The Hall–Kier alpha value is -4.15. The maximum atomic E-state index is 13.7. The first kappa shape index (κ1) is 36.7. The van der Waals surface area contributed by atoms with E-state index in [1.807, 2.05) is 32.9 Å². The van der Waals surface area contributed by atoms with E-state index in [1.165, 1.54) is 0 Å². The monoisotopic (exact) mass is 664 g/mol. The summed E-state index contributed by atoms with van der Waals surface area (Å²) >= 11 is 0. The van der Waals surface area contributed by atoms with E-state index in [0.29, 0.717) is 56.9 Å². The zero-order valence-electron chi connectivity index (χ0n) is 29.3. The van der Waals surface area contributed by atoms with Crippen LogP contribution in [0.15, 0.2) is 42.7 Å². The molecule has 3 heterocycles. The summed E-state index contributed by atoms with van der Waals surface area (Å²) in [4.78, 5) is 60.2. The molecule has 2 saturated heterocycles. The van der Waals surface area contributed by atoms with Crippen molar-refractivity contribution in [3.63, 3.8) is 0 Å². The number of phenolic OH excluding ortho intramolecular Hbond substituents is 1. The highest BCUT2D eigenvalue weighted by molar-refractivity contribution is 5.82. The molecule has 0 spiro atoms. The number of nitrogens with zero attached hydrogens (tertiary/aromatic N) is 3. The van der Waals surface area contributed by atoms with Crippen molar-refractivity contribution in [1.82, 2.24) is 20.1 Å². The molecule has 1 aromatic heterocycles. The average Bonchev–Trinajstić information content (AvgIpc) is 3.02. The summed E-state index contributed by atoms with van der Waals surface area (Å²) < 4.78 is 11.1. The molecule has 1 unspecified atom stereocenters. The Bertz CT molecular complexity index is 1440. The van der Waals surface area contributed by atoms with E-state index in [2.05, 4.69) is 10.3 Å². The first-order chi connectivity index (χ1) is 22.6. The number of pyridine rings is 1. The van der Waals surface area contributed by atoms with Crippen molar-refractivity contribution in [1.29, 1.82) is 0 Å². The van der Waals surface area contributed by atoms with Crippen LogP contribution in [-0.2, 0) is 23.9 Å².